The number of hydrogen-bond acceptors (Lipinski definition) is 3. The molecule has 1 heterocycles. The number of piperidine rings is 1. The van der Waals surface area contributed by atoms with Gasteiger partial charge in [-0.3, -0.25) is 4.79 Å². The van der Waals surface area contributed by atoms with E-state index in [-0.39, 0.29) is 11.9 Å². The summed E-state index contributed by atoms with van der Waals surface area (Å²) >= 11 is 0. The Hall–Kier alpha value is -1.39. The molecule has 0 aromatic heterocycles. The second-order valence-corrected chi connectivity index (χ2v) is 4.61. The molecule has 0 saturated carbocycles. The van der Waals surface area contributed by atoms with Gasteiger partial charge >= 0.3 is 0 Å². The molecule has 1 aliphatic heterocycles. The third-order valence-corrected chi connectivity index (χ3v) is 3.19. The van der Waals surface area contributed by atoms with Crippen LogP contribution in [0.3, 0.4) is 0 Å². The Morgan fingerprint density at radius 1 is 1.50 bits per heavy atom. The van der Waals surface area contributed by atoms with Crippen molar-refractivity contribution in [3.63, 3.8) is 0 Å². The van der Waals surface area contributed by atoms with Crippen LogP contribution >= 0.6 is 0 Å². The van der Waals surface area contributed by atoms with Crippen LogP contribution in [-0.2, 0) is 11.3 Å². The molecule has 1 atom stereocenters. The Kier molecular flexibility index (Phi) is 4.73. The van der Waals surface area contributed by atoms with Gasteiger partial charge < -0.3 is 15.4 Å². The smallest absolute Gasteiger partial charge is 0.251 e. The monoisotopic (exact) mass is 248 g/mol. The van der Waals surface area contributed by atoms with Gasteiger partial charge in [-0.1, -0.05) is 18.2 Å². The van der Waals surface area contributed by atoms with Crippen molar-refractivity contribution >= 4 is 5.91 Å². The molecule has 1 aliphatic rings. The van der Waals surface area contributed by atoms with Crippen molar-refractivity contribution < 1.29 is 9.53 Å². The summed E-state index contributed by atoms with van der Waals surface area (Å²) < 4.78 is 5.12. The van der Waals surface area contributed by atoms with Crippen molar-refractivity contribution in [3.05, 3.63) is 35.4 Å². The summed E-state index contributed by atoms with van der Waals surface area (Å²) in [6.45, 7) is 2.37. The van der Waals surface area contributed by atoms with Gasteiger partial charge in [0.2, 0.25) is 0 Å². The van der Waals surface area contributed by atoms with E-state index in [9.17, 15) is 4.79 Å². The number of ether oxygens (including phenoxy) is 1. The maximum Gasteiger partial charge on any atom is 0.251 e. The highest BCUT2D eigenvalue weighted by Crippen LogP contribution is 2.11. The topological polar surface area (TPSA) is 50.4 Å². The zero-order valence-corrected chi connectivity index (χ0v) is 10.7. The normalized spacial score (nSPS) is 19.5. The molecular formula is C14H20N2O2. The Bertz CT molecular complexity index is 401. The number of nitrogens with one attached hydrogen (secondary N) is 2. The first-order valence-corrected chi connectivity index (χ1v) is 6.39. The maximum absolute atomic E-state index is 12.2. The number of hydrogen-bond donors (Lipinski definition) is 2. The third-order valence-electron chi connectivity index (χ3n) is 3.19. The van der Waals surface area contributed by atoms with E-state index in [0.717, 1.165) is 31.5 Å². The van der Waals surface area contributed by atoms with E-state index in [1.165, 1.54) is 0 Å². The van der Waals surface area contributed by atoms with Gasteiger partial charge in [-0.15, -0.1) is 0 Å². The molecule has 0 spiro atoms. The molecule has 4 heteroatoms. The van der Waals surface area contributed by atoms with Crippen LogP contribution in [0, 0.1) is 0 Å². The quantitative estimate of drug-likeness (QED) is 0.845. The molecule has 1 aromatic rings. The summed E-state index contributed by atoms with van der Waals surface area (Å²) in [4.78, 5) is 12.2. The van der Waals surface area contributed by atoms with Crippen molar-refractivity contribution in [1.82, 2.24) is 10.6 Å². The van der Waals surface area contributed by atoms with Crippen molar-refractivity contribution in [3.8, 4) is 0 Å². The summed E-state index contributed by atoms with van der Waals surface area (Å²) in [6, 6.07) is 7.82. The zero-order valence-electron chi connectivity index (χ0n) is 10.7. The van der Waals surface area contributed by atoms with Crippen LogP contribution in [0.1, 0.15) is 28.8 Å². The minimum absolute atomic E-state index is 0.00338. The first-order chi connectivity index (χ1) is 8.81. The molecule has 1 aromatic carbocycles. The molecule has 0 aliphatic carbocycles. The van der Waals surface area contributed by atoms with Crippen LogP contribution in [0.15, 0.2) is 24.3 Å². The fraction of sp³-hybridized carbons (Fsp3) is 0.500. The van der Waals surface area contributed by atoms with E-state index >= 15 is 0 Å². The van der Waals surface area contributed by atoms with Gasteiger partial charge in [0.05, 0.1) is 6.61 Å². The van der Waals surface area contributed by atoms with Crippen LogP contribution in [0.2, 0.25) is 0 Å². The highest BCUT2D eigenvalue weighted by molar-refractivity contribution is 5.95. The van der Waals surface area contributed by atoms with E-state index in [0.29, 0.717) is 12.2 Å². The van der Waals surface area contributed by atoms with Gasteiger partial charge in [-0.05, 0) is 31.0 Å². The molecule has 0 radical (unpaired) electrons. The molecular weight excluding hydrogens is 228 g/mol. The highest BCUT2D eigenvalue weighted by Gasteiger charge is 2.17. The van der Waals surface area contributed by atoms with E-state index in [4.69, 9.17) is 4.74 Å². The van der Waals surface area contributed by atoms with Crippen molar-refractivity contribution in [1.29, 1.82) is 0 Å². The van der Waals surface area contributed by atoms with Gasteiger partial charge in [0, 0.05) is 25.3 Å². The Morgan fingerprint density at radius 2 is 2.33 bits per heavy atom. The molecule has 1 fully saturated rings. The fourth-order valence-electron chi connectivity index (χ4n) is 2.26. The minimum Gasteiger partial charge on any atom is -0.380 e. The number of methoxy groups -OCH3 is 1. The fourth-order valence-corrected chi connectivity index (χ4v) is 2.26. The zero-order chi connectivity index (χ0) is 12.8. The van der Waals surface area contributed by atoms with Crippen LogP contribution in [-0.4, -0.2) is 32.1 Å². The van der Waals surface area contributed by atoms with Crippen LogP contribution < -0.4 is 10.6 Å². The van der Waals surface area contributed by atoms with E-state index < -0.39 is 0 Å². The molecule has 98 valence electrons. The third kappa shape index (κ3) is 3.31. The Balaban J connectivity index is 2.03. The van der Waals surface area contributed by atoms with E-state index in [2.05, 4.69) is 10.6 Å². The van der Waals surface area contributed by atoms with Crippen molar-refractivity contribution in [2.24, 2.45) is 0 Å². The van der Waals surface area contributed by atoms with Gasteiger partial charge in [0.15, 0.2) is 0 Å². The maximum atomic E-state index is 12.2. The summed E-state index contributed by atoms with van der Waals surface area (Å²) in [6.07, 6.45) is 2.16. The average molecular weight is 248 g/mol. The predicted molar refractivity (Wildman–Crippen MR) is 70.5 cm³/mol. The van der Waals surface area contributed by atoms with Crippen molar-refractivity contribution in [2.75, 3.05) is 20.2 Å². The first kappa shape index (κ1) is 13.1. The number of carbonyl (C=O) groups is 1. The van der Waals surface area contributed by atoms with Crippen LogP contribution in [0.4, 0.5) is 0 Å². The number of amides is 1. The molecule has 2 rings (SSSR count). The van der Waals surface area contributed by atoms with Gasteiger partial charge in [-0.2, -0.15) is 0 Å². The van der Waals surface area contributed by atoms with Crippen LogP contribution in [0.25, 0.3) is 0 Å². The number of rotatable bonds is 4. The Labute approximate surface area is 108 Å². The lowest BCUT2D eigenvalue weighted by atomic mass is 10.0. The predicted octanol–water partition coefficient (Wildman–Crippen LogP) is 1.31. The standard InChI is InChI=1S/C14H20N2O2/c1-18-10-11-5-2-3-7-13(11)14(17)16-12-6-4-8-15-9-12/h2-3,5,7,12,15H,4,6,8-10H2,1H3,(H,16,17)/t12-/m0/s1. The van der Waals surface area contributed by atoms with E-state index in [1.807, 2.05) is 24.3 Å². The molecule has 1 amide bonds. The van der Waals surface area contributed by atoms with Gasteiger partial charge in [0.25, 0.3) is 5.91 Å². The number of benzene rings is 1. The highest BCUT2D eigenvalue weighted by atomic mass is 16.5. The lowest BCUT2D eigenvalue weighted by molar-refractivity contribution is 0.0926. The molecule has 18 heavy (non-hydrogen) atoms. The molecule has 0 unspecified atom stereocenters. The summed E-state index contributed by atoms with van der Waals surface area (Å²) in [5, 5.41) is 6.37. The molecule has 0 bridgehead atoms. The molecule has 4 nitrogen and oxygen atoms in total. The lowest BCUT2D eigenvalue weighted by Crippen LogP contribution is -2.45. The second-order valence-electron chi connectivity index (χ2n) is 4.61. The Morgan fingerprint density at radius 3 is 3.06 bits per heavy atom. The average Bonchev–Trinajstić information content (AvgIpc) is 2.41. The van der Waals surface area contributed by atoms with Gasteiger partial charge in [0.1, 0.15) is 0 Å². The van der Waals surface area contributed by atoms with Gasteiger partial charge in [-0.25, -0.2) is 0 Å². The largest absolute Gasteiger partial charge is 0.380 e. The molecule has 2 N–H and O–H groups in total. The molecule has 1 saturated heterocycles. The summed E-state index contributed by atoms with van der Waals surface area (Å²) in [5.41, 5.74) is 1.64. The van der Waals surface area contributed by atoms with E-state index in [1.54, 1.807) is 7.11 Å². The summed E-state index contributed by atoms with van der Waals surface area (Å²) in [5.74, 6) is -0.00338. The number of carbonyl (C=O) groups excluding carboxylic acids is 1. The first-order valence-electron chi connectivity index (χ1n) is 6.39. The van der Waals surface area contributed by atoms with Crippen LogP contribution in [0.5, 0.6) is 0 Å². The second kappa shape index (κ2) is 6.52. The SMILES string of the molecule is COCc1ccccc1C(=O)N[C@H]1CCCNC1. The van der Waals surface area contributed by atoms with Crippen molar-refractivity contribution in [2.45, 2.75) is 25.5 Å². The minimum atomic E-state index is -0.00338. The summed E-state index contributed by atoms with van der Waals surface area (Å²) in [7, 11) is 1.64. The lowest BCUT2D eigenvalue weighted by Gasteiger charge is -2.24.